The largest absolute Gasteiger partial charge is 0.480 e. The molecule has 1 amide bonds. The average molecular weight is 444 g/mol. The van der Waals surface area contributed by atoms with Crippen molar-refractivity contribution in [3.8, 4) is 0 Å². The summed E-state index contributed by atoms with van der Waals surface area (Å²) in [7, 11) is 0. The molecule has 1 heterocycles. The van der Waals surface area contributed by atoms with Gasteiger partial charge in [-0.15, -0.1) is 0 Å². The van der Waals surface area contributed by atoms with E-state index in [-0.39, 0.29) is 27.0 Å². The lowest BCUT2D eigenvalue weighted by atomic mass is 10.2. The van der Waals surface area contributed by atoms with E-state index in [1.807, 2.05) is 0 Å². The molecule has 0 fully saturated rings. The molecule has 0 aliphatic rings. The summed E-state index contributed by atoms with van der Waals surface area (Å²) in [5, 5.41) is 9.52. The number of thiazole rings is 1. The van der Waals surface area contributed by atoms with Gasteiger partial charge in [0.2, 0.25) is 0 Å². The number of aromatic nitrogens is 1. The van der Waals surface area contributed by atoms with Crippen molar-refractivity contribution in [2.45, 2.75) is 25.6 Å². The monoisotopic (exact) mass is 444 g/mol. The summed E-state index contributed by atoms with van der Waals surface area (Å²) in [6.07, 6.45) is -4.55. The molecule has 0 aliphatic carbocycles. The highest BCUT2D eigenvalue weighted by atomic mass is 32.1. The van der Waals surface area contributed by atoms with Crippen LogP contribution in [0.15, 0.2) is 41.4 Å². The summed E-state index contributed by atoms with van der Waals surface area (Å²) in [4.78, 5) is 27.7. The van der Waals surface area contributed by atoms with Crippen molar-refractivity contribution in [3.63, 3.8) is 0 Å². The Morgan fingerprint density at radius 3 is 2.40 bits per heavy atom. The first-order valence-electron chi connectivity index (χ1n) is 8.52. The Morgan fingerprint density at radius 2 is 1.83 bits per heavy atom. The predicted octanol–water partition coefficient (Wildman–Crippen LogP) is 4.78. The van der Waals surface area contributed by atoms with Gasteiger partial charge in [0.25, 0.3) is 5.91 Å². The van der Waals surface area contributed by atoms with Crippen LogP contribution in [0.3, 0.4) is 0 Å². The van der Waals surface area contributed by atoms with Gasteiger partial charge in [-0.2, -0.15) is 18.2 Å². The van der Waals surface area contributed by atoms with Gasteiger partial charge in [0.1, 0.15) is 6.04 Å². The lowest BCUT2D eigenvalue weighted by molar-refractivity contribution is -0.141. The normalized spacial score (nSPS) is 13.6. The van der Waals surface area contributed by atoms with Crippen molar-refractivity contribution in [3.05, 3.63) is 64.0 Å². The lowest BCUT2D eigenvalue weighted by Crippen LogP contribution is -2.27. The van der Waals surface area contributed by atoms with E-state index in [1.54, 1.807) is 6.92 Å². The summed E-state index contributed by atoms with van der Waals surface area (Å²) in [6, 6.07) is 3.92. The second kappa shape index (κ2) is 7.98. The van der Waals surface area contributed by atoms with Gasteiger partial charge < -0.3 is 9.67 Å². The van der Waals surface area contributed by atoms with Crippen LogP contribution in [0.2, 0.25) is 0 Å². The molecule has 1 aromatic heterocycles. The Balaban J connectivity index is 2.25. The highest BCUT2D eigenvalue weighted by molar-refractivity contribution is 7.16. The Kier molecular flexibility index (Phi) is 5.75. The maximum Gasteiger partial charge on any atom is 0.416 e. The predicted molar refractivity (Wildman–Crippen MR) is 98.0 cm³/mol. The lowest BCUT2D eigenvalue weighted by Gasteiger charge is -2.14. The van der Waals surface area contributed by atoms with Crippen LogP contribution in [0, 0.1) is 11.6 Å². The molecule has 1 atom stereocenters. The van der Waals surface area contributed by atoms with E-state index >= 15 is 0 Å². The van der Waals surface area contributed by atoms with Gasteiger partial charge in [0.15, 0.2) is 16.4 Å². The van der Waals surface area contributed by atoms with Crippen molar-refractivity contribution >= 4 is 33.4 Å². The summed E-state index contributed by atoms with van der Waals surface area (Å²) in [6.45, 7) is 1.56. The first kappa shape index (κ1) is 21.6. The number of hydrogen-bond donors (Lipinski definition) is 1. The zero-order valence-corrected chi connectivity index (χ0v) is 16.0. The first-order valence-corrected chi connectivity index (χ1v) is 9.33. The third-order valence-electron chi connectivity index (χ3n) is 4.30. The molecule has 158 valence electrons. The number of carboxylic acids is 1. The molecule has 3 rings (SSSR count). The molecule has 0 bridgehead atoms. The molecule has 0 spiro atoms. The summed E-state index contributed by atoms with van der Waals surface area (Å²) in [5.74, 6) is -4.70. The molecule has 0 saturated carbocycles. The standard InChI is InChI=1S/C19H13F5N2O3S/c1-2-13(17(28)29)26-14-6-4-10(19(22,23)24)8-15(14)30-18(26)25-16(27)9-3-5-11(20)12(21)7-9/h3-8,13H,2H2,1H3,(H,28,29). The molecule has 0 aliphatic heterocycles. The van der Waals surface area contributed by atoms with Crippen LogP contribution in [0.25, 0.3) is 10.2 Å². The Labute approximate surface area is 169 Å². The SMILES string of the molecule is CCC(C(=O)O)n1c(=NC(=O)c2ccc(F)c(F)c2)sc2cc(C(F)(F)F)ccc21. The third kappa shape index (κ3) is 4.11. The zero-order chi connectivity index (χ0) is 22.2. The van der Waals surface area contributed by atoms with Crippen LogP contribution in [-0.2, 0) is 11.0 Å². The van der Waals surface area contributed by atoms with Crippen LogP contribution < -0.4 is 4.80 Å². The molecule has 1 unspecified atom stereocenters. The molecule has 2 aromatic carbocycles. The van der Waals surface area contributed by atoms with Crippen LogP contribution in [0.1, 0.15) is 35.3 Å². The highest BCUT2D eigenvalue weighted by Crippen LogP contribution is 2.33. The van der Waals surface area contributed by atoms with Crippen molar-refractivity contribution in [2.24, 2.45) is 4.99 Å². The Hall–Kier alpha value is -3.08. The Morgan fingerprint density at radius 1 is 1.13 bits per heavy atom. The van der Waals surface area contributed by atoms with Gasteiger partial charge in [-0.05, 0) is 42.8 Å². The average Bonchev–Trinajstić information content (AvgIpc) is 3.00. The van der Waals surface area contributed by atoms with Crippen molar-refractivity contribution in [1.29, 1.82) is 0 Å². The van der Waals surface area contributed by atoms with Gasteiger partial charge in [0, 0.05) is 5.56 Å². The van der Waals surface area contributed by atoms with E-state index < -0.39 is 41.3 Å². The summed E-state index contributed by atoms with van der Waals surface area (Å²) < 4.78 is 66.8. The van der Waals surface area contributed by atoms with Crippen LogP contribution in [-0.4, -0.2) is 21.6 Å². The van der Waals surface area contributed by atoms with E-state index in [0.29, 0.717) is 17.4 Å². The fraction of sp³-hybridized carbons (Fsp3) is 0.211. The van der Waals surface area contributed by atoms with E-state index in [0.717, 1.165) is 34.9 Å². The maximum atomic E-state index is 13.4. The second-order valence-corrected chi connectivity index (χ2v) is 7.25. The van der Waals surface area contributed by atoms with E-state index in [2.05, 4.69) is 4.99 Å². The minimum absolute atomic E-state index is 0.0642. The number of fused-ring (bicyclic) bond motifs is 1. The molecule has 0 radical (unpaired) electrons. The number of rotatable bonds is 4. The number of nitrogens with zero attached hydrogens (tertiary/aromatic N) is 2. The first-order chi connectivity index (χ1) is 14.0. The molecule has 5 nitrogen and oxygen atoms in total. The molecule has 3 aromatic rings. The number of carbonyl (C=O) groups is 2. The quantitative estimate of drug-likeness (QED) is 0.589. The Bertz CT molecular complexity index is 1210. The number of amides is 1. The second-order valence-electron chi connectivity index (χ2n) is 6.24. The van der Waals surface area contributed by atoms with Gasteiger partial charge in [-0.25, -0.2) is 13.6 Å². The number of aliphatic carboxylic acids is 1. The third-order valence-corrected chi connectivity index (χ3v) is 5.32. The fourth-order valence-corrected chi connectivity index (χ4v) is 3.95. The van der Waals surface area contributed by atoms with Gasteiger partial charge in [0.05, 0.1) is 15.8 Å². The molecule has 1 N–H and O–H groups in total. The maximum absolute atomic E-state index is 13.4. The van der Waals surface area contributed by atoms with E-state index in [9.17, 15) is 36.6 Å². The molecule has 0 saturated heterocycles. The van der Waals surface area contributed by atoms with E-state index in [4.69, 9.17) is 0 Å². The minimum atomic E-state index is -4.61. The molecular formula is C19H13F5N2O3S. The van der Waals surface area contributed by atoms with Crippen LogP contribution in [0.4, 0.5) is 22.0 Å². The summed E-state index contributed by atoms with van der Waals surface area (Å²) >= 11 is 0.690. The zero-order valence-electron chi connectivity index (χ0n) is 15.2. The number of carbonyl (C=O) groups excluding carboxylic acids is 1. The number of carboxylic acid groups (broad SMARTS) is 1. The highest BCUT2D eigenvalue weighted by Gasteiger charge is 2.31. The van der Waals surface area contributed by atoms with Gasteiger partial charge in [-0.1, -0.05) is 18.3 Å². The smallest absolute Gasteiger partial charge is 0.416 e. The van der Waals surface area contributed by atoms with Gasteiger partial charge >= 0.3 is 12.1 Å². The van der Waals surface area contributed by atoms with Crippen LogP contribution in [0.5, 0.6) is 0 Å². The van der Waals surface area contributed by atoms with Crippen LogP contribution >= 0.6 is 11.3 Å². The number of halogens is 5. The molecule has 11 heteroatoms. The topological polar surface area (TPSA) is 71.7 Å². The number of benzene rings is 2. The van der Waals surface area contributed by atoms with E-state index in [1.165, 1.54) is 0 Å². The minimum Gasteiger partial charge on any atom is -0.480 e. The summed E-state index contributed by atoms with van der Waals surface area (Å²) in [5.41, 5.74) is -1.08. The number of hydrogen-bond acceptors (Lipinski definition) is 3. The fourth-order valence-electron chi connectivity index (χ4n) is 2.85. The number of alkyl halides is 3. The van der Waals surface area contributed by atoms with Crippen molar-refractivity contribution in [2.75, 3.05) is 0 Å². The molecule has 30 heavy (non-hydrogen) atoms. The molecular weight excluding hydrogens is 431 g/mol. The van der Waals surface area contributed by atoms with Crippen molar-refractivity contribution in [1.82, 2.24) is 4.57 Å². The van der Waals surface area contributed by atoms with Gasteiger partial charge in [-0.3, -0.25) is 4.79 Å². The van der Waals surface area contributed by atoms with Crippen molar-refractivity contribution < 1.29 is 36.6 Å².